The molecule has 3 heterocycles. The first kappa shape index (κ1) is 26.7. The van der Waals surface area contributed by atoms with E-state index in [-0.39, 0.29) is 18.2 Å². The zero-order valence-electron chi connectivity index (χ0n) is 21.4. The average molecular weight is 554 g/mol. The van der Waals surface area contributed by atoms with Crippen LogP contribution in [0.2, 0.25) is 5.02 Å². The van der Waals surface area contributed by atoms with Gasteiger partial charge in [0.05, 0.1) is 5.92 Å². The smallest absolute Gasteiger partial charge is 0.231 e. The van der Waals surface area contributed by atoms with Crippen LogP contribution in [0.4, 0.5) is 10.8 Å². The topological polar surface area (TPSA) is 87.7 Å². The summed E-state index contributed by atoms with van der Waals surface area (Å²) in [5, 5.41) is 13.2. The van der Waals surface area contributed by atoms with Crippen molar-refractivity contribution < 1.29 is 14.3 Å². The minimum atomic E-state index is -0.428. The van der Waals surface area contributed by atoms with Crippen molar-refractivity contribution in [3.8, 4) is 0 Å². The first-order valence-electron chi connectivity index (χ1n) is 13.0. The Balaban J connectivity index is 1.12. The fraction of sp³-hybridized carbons (Fsp3) is 0.429. The second-order valence-corrected chi connectivity index (χ2v) is 11.4. The molecule has 2 saturated heterocycles. The predicted octanol–water partition coefficient (Wildman–Crippen LogP) is 4.58. The number of benzene rings is 2. The van der Waals surface area contributed by atoms with Gasteiger partial charge in [0.25, 0.3) is 0 Å². The van der Waals surface area contributed by atoms with E-state index in [4.69, 9.17) is 16.3 Å². The zero-order valence-corrected chi connectivity index (χ0v) is 23.0. The average Bonchev–Trinajstić information content (AvgIpc) is 3.55. The molecule has 1 aromatic heterocycles. The summed E-state index contributed by atoms with van der Waals surface area (Å²) >= 11 is 7.31. The number of amides is 2. The van der Waals surface area contributed by atoms with Gasteiger partial charge in [-0.2, -0.15) is 0 Å². The second kappa shape index (κ2) is 12.3. The first-order valence-corrected chi connectivity index (χ1v) is 14.2. The van der Waals surface area contributed by atoms with E-state index in [0.717, 1.165) is 56.1 Å². The molecule has 2 amide bonds. The number of aromatic nitrogens is 2. The summed E-state index contributed by atoms with van der Waals surface area (Å²) in [6.07, 6.45) is 3.84. The van der Waals surface area contributed by atoms with Crippen molar-refractivity contribution >= 4 is 45.6 Å². The van der Waals surface area contributed by atoms with E-state index in [1.807, 2.05) is 36.4 Å². The molecule has 38 heavy (non-hydrogen) atoms. The molecule has 10 heteroatoms. The molecule has 5 rings (SSSR count). The Bertz CT molecular complexity index is 1240. The lowest BCUT2D eigenvalue weighted by Crippen LogP contribution is -2.36. The fourth-order valence-electron chi connectivity index (χ4n) is 4.97. The number of halogens is 1. The van der Waals surface area contributed by atoms with Crippen molar-refractivity contribution in [1.82, 2.24) is 15.1 Å². The number of carbonyl (C=O) groups excluding carboxylic acids is 2. The molecule has 2 aliphatic rings. The van der Waals surface area contributed by atoms with Gasteiger partial charge in [0.1, 0.15) is 5.01 Å². The molecule has 2 fully saturated rings. The largest absolute Gasteiger partial charge is 0.381 e. The van der Waals surface area contributed by atoms with Gasteiger partial charge in [-0.15, -0.1) is 10.2 Å². The van der Waals surface area contributed by atoms with Gasteiger partial charge in [0.15, 0.2) is 0 Å². The Kier molecular flexibility index (Phi) is 8.68. The Morgan fingerprint density at radius 1 is 1.08 bits per heavy atom. The van der Waals surface area contributed by atoms with Crippen LogP contribution in [0.5, 0.6) is 0 Å². The highest BCUT2D eigenvalue weighted by molar-refractivity contribution is 7.15. The SMILES string of the molecule is CN(Cc1ccc(N2C[C@@H](C(=O)Nc3nnc(CCc4ccc(Cl)cc4)s3)CC2=O)cc1)C1CCOCC1. The van der Waals surface area contributed by atoms with E-state index in [1.165, 1.54) is 22.5 Å². The van der Waals surface area contributed by atoms with Gasteiger partial charge >= 0.3 is 0 Å². The quantitative estimate of drug-likeness (QED) is 0.417. The number of nitrogens with zero attached hydrogens (tertiary/aromatic N) is 4. The Labute approximate surface area is 232 Å². The van der Waals surface area contributed by atoms with Crippen LogP contribution < -0.4 is 10.2 Å². The summed E-state index contributed by atoms with van der Waals surface area (Å²) < 4.78 is 5.47. The van der Waals surface area contributed by atoms with E-state index in [1.54, 1.807) is 4.90 Å². The number of nitrogens with one attached hydrogen (secondary N) is 1. The zero-order chi connectivity index (χ0) is 26.5. The lowest BCUT2D eigenvalue weighted by Gasteiger charge is -2.31. The molecule has 0 saturated carbocycles. The molecule has 2 aliphatic heterocycles. The van der Waals surface area contributed by atoms with Crippen LogP contribution in [0.3, 0.4) is 0 Å². The number of hydrogen-bond acceptors (Lipinski definition) is 7. The standard InChI is InChI=1S/C28H32ClN5O3S/c1-33(23-12-14-37-15-13-23)17-20-4-9-24(10-5-20)34-18-21(16-26(34)35)27(36)30-28-32-31-25(38-28)11-6-19-2-7-22(29)8-3-19/h2-5,7-10,21,23H,6,11-18H2,1H3,(H,30,32,36)/t21-/m0/s1. The summed E-state index contributed by atoms with van der Waals surface area (Å²) in [6.45, 7) is 2.86. The molecule has 0 radical (unpaired) electrons. The number of ether oxygens (including phenoxy) is 1. The second-order valence-electron chi connectivity index (χ2n) is 9.95. The van der Waals surface area contributed by atoms with Crippen LogP contribution in [0.1, 0.15) is 35.4 Å². The van der Waals surface area contributed by atoms with Gasteiger partial charge in [0, 0.05) is 55.9 Å². The van der Waals surface area contributed by atoms with Gasteiger partial charge in [-0.05, 0) is 61.7 Å². The summed E-state index contributed by atoms with van der Waals surface area (Å²) in [4.78, 5) is 29.7. The van der Waals surface area contributed by atoms with Crippen molar-refractivity contribution in [2.75, 3.05) is 37.0 Å². The van der Waals surface area contributed by atoms with Gasteiger partial charge in [-0.25, -0.2) is 0 Å². The Morgan fingerprint density at radius 2 is 1.79 bits per heavy atom. The first-order chi connectivity index (χ1) is 18.4. The Hall–Kier alpha value is -2.85. The van der Waals surface area contributed by atoms with Crippen molar-refractivity contribution in [2.24, 2.45) is 5.92 Å². The van der Waals surface area contributed by atoms with E-state index in [2.05, 4.69) is 39.6 Å². The summed E-state index contributed by atoms with van der Waals surface area (Å²) in [7, 11) is 2.15. The molecular weight excluding hydrogens is 522 g/mol. The van der Waals surface area contributed by atoms with E-state index < -0.39 is 5.92 Å². The number of carbonyl (C=O) groups is 2. The molecule has 3 aromatic rings. The normalized spacial score (nSPS) is 18.3. The maximum Gasteiger partial charge on any atom is 0.231 e. The highest BCUT2D eigenvalue weighted by Crippen LogP contribution is 2.28. The van der Waals surface area contributed by atoms with Gasteiger partial charge in [0.2, 0.25) is 16.9 Å². The van der Waals surface area contributed by atoms with E-state index >= 15 is 0 Å². The Morgan fingerprint density at radius 3 is 2.53 bits per heavy atom. The van der Waals surface area contributed by atoms with Crippen LogP contribution in [0.25, 0.3) is 0 Å². The van der Waals surface area contributed by atoms with Crippen LogP contribution in [-0.4, -0.2) is 59.8 Å². The molecule has 8 nitrogen and oxygen atoms in total. The number of anilines is 2. The van der Waals surface area contributed by atoms with Gasteiger partial charge < -0.3 is 15.0 Å². The predicted molar refractivity (Wildman–Crippen MR) is 150 cm³/mol. The van der Waals surface area contributed by atoms with Crippen LogP contribution in [0, 0.1) is 5.92 Å². The molecule has 200 valence electrons. The van der Waals surface area contributed by atoms with Crippen molar-refractivity contribution in [3.63, 3.8) is 0 Å². The third kappa shape index (κ3) is 6.77. The molecular formula is C28H32ClN5O3S. The minimum Gasteiger partial charge on any atom is -0.381 e. The highest BCUT2D eigenvalue weighted by Gasteiger charge is 2.35. The molecule has 0 bridgehead atoms. The molecule has 0 spiro atoms. The van der Waals surface area contributed by atoms with Crippen LogP contribution >= 0.6 is 22.9 Å². The molecule has 1 N–H and O–H groups in total. The monoisotopic (exact) mass is 553 g/mol. The van der Waals surface area contributed by atoms with Crippen LogP contribution in [0.15, 0.2) is 48.5 Å². The molecule has 1 atom stereocenters. The molecule has 0 unspecified atom stereocenters. The summed E-state index contributed by atoms with van der Waals surface area (Å²) in [5.74, 6) is -0.669. The summed E-state index contributed by atoms with van der Waals surface area (Å²) in [5.41, 5.74) is 3.19. The maximum atomic E-state index is 12.9. The van der Waals surface area contributed by atoms with Crippen molar-refractivity contribution in [2.45, 2.75) is 44.7 Å². The fourth-order valence-corrected chi connectivity index (χ4v) is 5.84. The molecule has 2 aromatic carbocycles. The number of aryl methyl sites for hydroxylation is 2. The summed E-state index contributed by atoms with van der Waals surface area (Å²) in [6, 6.07) is 16.4. The van der Waals surface area contributed by atoms with Crippen molar-refractivity contribution in [1.29, 1.82) is 0 Å². The van der Waals surface area contributed by atoms with Crippen LogP contribution in [-0.2, 0) is 33.7 Å². The van der Waals surface area contributed by atoms with E-state index in [0.29, 0.717) is 22.7 Å². The van der Waals surface area contributed by atoms with E-state index in [9.17, 15) is 9.59 Å². The highest BCUT2D eigenvalue weighted by atomic mass is 35.5. The maximum absolute atomic E-state index is 12.9. The third-order valence-electron chi connectivity index (χ3n) is 7.23. The number of hydrogen-bond donors (Lipinski definition) is 1. The van der Waals surface area contributed by atoms with Gasteiger partial charge in [-0.3, -0.25) is 14.5 Å². The minimum absolute atomic E-state index is 0.0434. The third-order valence-corrected chi connectivity index (χ3v) is 8.38. The lowest BCUT2D eigenvalue weighted by molar-refractivity contribution is -0.122. The van der Waals surface area contributed by atoms with Gasteiger partial charge in [-0.1, -0.05) is 47.2 Å². The number of rotatable bonds is 9. The molecule has 0 aliphatic carbocycles. The lowest BCUT2D eigenvalue weighted by atomic mass is 10.1. The van der Waals surface area contributed by atoms with Crippen molar-refractivity contribution in [3.05, 3.63) is 69.7 Å².